The van der Waals surface area contributed by atoms with Crippen LogP contribution in [0.15, 0.2) is 0 Å². The average molecular weight is 193 g/mol. The van der Waals surface area contributed by atoms with E-state index < -0.39 is 0 Å². The van der Waals surface area contributed by atoms with Gasteiger partial charge in [-0.15, -0.1) is 11.6 Å². The summed E-state index contributed by atoms with van der Waals surface area (Å²) in [6, 6.07) is 0. The molecule has 0 aliphatic carbocycles. The second-order valence-electron chi connectivity index (χ2n) is 1.17. The van der Waals surface area contributed by atoms with Crippen LogP contribution in [0.2, 0.25) is 0 Å². The Hall–Kier alpha value is 1.39. The summed E-state index contributed by atoms with van der Waals surface area (Å²) in [6.45, 7) is 7.17. The maximum Gasteiger partial charge on any atom is 0 e. The molecule has 0 nitrogen and oxygen atoms in total. The molecular formula is C5H9ClY-2. The van der Waals surface area contributed by atoms with E-state index in [1.807, 2.05) is 0 Å². The summed E-state index contributed by atoms with van der Waals surface area (Å²) in [5.74, 6) is 0. The molecule has 0 aliphatic heterocycles. The van der Waals surface area contributed by atoms with Gasteiger partial charge < -0.3 is 13.8 Å². The molecule has 0 saturated heterocycles. The Balaban J connectivity index is 0. The van der Waals surface area contributed by atoms with Gasteiger partial charge in [0.15, 0.2) is 0 Å². The molecule has 0 rings (SSSR count). The first-order valence-corrected chi connectivity index (χ1v) is 2.47. The summed E-state index contributed by atoms with van der Waals surface area (Å²) >= 11 is 5.52. The molecule has 0 fully saturated rings. The first-order chi connectivity index (χ1) is 2.81. The molecule has 0 aromatic carbocycles. The van der Waals surface area contributed by atoms with Crippen LogP contribution >= 0.6 is 11.6 Å². The minimum absolute atomic E-state index is 0. The quantitative estimate of drug-likeness (QED) is 0.465. The maximum atomic E-state index is 5.52. The second kappa shape index (κ2) is 7.39. The zero-order valence-corrected chi connectivity index (χ0v) is 7.96. The van der Waals surface area contributed by atoms with Gasteiger partial charge in [0.25, 0.3) is 0 Å². The van der Waals surface area contributed by atoms with E-state index in [2.05, 4.69) is 13.8 Å². The number of halogens is 1. The van der Waals surface area contributed by atoms with Crippen molar-refractivity contribution in [2.75, 3.05) is 0 Å². The van der Waals surface area contributed by atoms with Crippen molar-refractivity contribution in [2.45, 2.75) is 18.2 Å². The van der Waals surface area contributed by atoms with E-state index in [0.717, 1.165) is 12.8 Å². The topological polar surface area (TPSA) is 0 Å². The minimum Gasteiger partial charge on any atom is -0.342 e. The zero-order chi connectivity index (χ0) is 4.99. The van der Waals surface area contributed by atoms with Crippen molar-refractivity contribution in [2.24, 2.45) is 0 Å². The monoisotopic (exact) mass is 193 g/mol. The molecule has 0 unspecified atom stereocenters. The van der Waals surface area contributed by atoms with Crippen LogP contribution in [-0.4, -0.2) is 5.38 Å². The van der Waals surface area contributed by atoms with Crippen molar-refractivity contribution in [1.82, 2.24) is 0 Å². The van der Waals surface area contributed by atoms with Crippen molar-refractivity contribution in [3.8, 4) is 0 Å². The van der Waals surface area contributed by atoms with Gasteiger partial charge in [0.2, 0.25) is 0 Å². The van der Waals surface area contributed by atoms with E-state index in [9.17, 15) is 0 Å². The molecule has 0 bridgehead atoms. The molecule has 1 radical (unpaired) electrons. The molecule has 0 aliphatic rings. The van der Waals surface area contributed by atoms with E-state index in [1.165, 1.54) is 0 Å². The Bertz CT molecular complexity index is 27.3. The van der Waals surface area contributed by atoms with Crippen molar-refractivity contribution in [1.29, 1.82) is 0 Å². The van der Waals surface area contributed by atoms with Crippen LogP contribution in [0.5, 0.6) is 0 Å². The predicted molar refractivity (Wildman–Crippen MR) is 29.6 cm³/mol. The van der Waals surface area contributed by atoms with Gasteiger partial charge >= 0.3 is 0 Å². The maximum absolute atomic E-state index is 5.52. The second-order valence-corrected chi connectivity index (χ2v) is 1.79. The number of rotatable bonds is 2. The van der Waals surface area contributed by atoms with Crippen molar-refractivity contribution in [3.05, 3.63) is 13.8 Å². The Labute approximate surface area is 75.9 Å². The number of hydrogen-bond acceptors (Lipinski definition) is 0. The van der Waals surface area contributed by atoms with Crippen LogP contribution in [0.25, 0.3) is 0 Å². The van der Waals surface area contributed by atoms with E-state index >= 15 is 0 Å². The average Bonchev–Trinajstić information content (AvgIpc) is 1.65. The van der Waals surface area contributed by atoms with Crippen LogP contribution in [0.4, 0.5) is 0 Å². The van der Waals surface area contributed by atoms with Gasteiger partial charge in [0.05, 0.1) is 0 Å². The Morgan fingerprint density at radius 1 is 1.29 bits per heavy atom. The van der Waals surface area contributed by atoms with Gasteiger partial charge in [0.1, 0.15) is 0 Å². The summed E-state index contributed by atoms with van der Waals surface area (Å²) in [5.41, 5.74) is 0. The van der Waals surface area contributed by atoms with Crippen LogP contribution in [0.1, 0.15) is 12.8 Å². The van der Waals surface area contributed by atoms with E-state index in [0.29, 0.717) is 0 Å². The van der Waals surface area contributed by atoms with E-state index in [1.54, 1.807) is 0 Å². The summed E-state index contributed by atoms with van der Waals surface area (Å²) < 4.78 is 0. The molecule has 41 valence electrons. The number of hydrogen-bond donors (Lipinski definition) is 0. The Kier molecular flexibility index (Phi) is 11.9. The van der Waals surface area contributed by atoms with Gasteiger partial charge in [-0.1, -0.05) is 0 Å². The third kappa shape index (κ3) is 7.39. The van der Waals surface area contributed by atoms with Gasteiger partial charge in [-0.2, -0.15) is 12.8 Å². The fourth-order valence-corrected chi connectivity index (χ4v) is 0.144. The van der Waals surface area contributed by atoms with Gasteiger partial charge in [-0.05, 0) is 5.38 Å². The van der Waals surface area contributed by atoms with Gasteiger partial charge in [-0.3, -0.25) is 0 Å². The molecule has 0 atom stereocenters. The van der Waals surface area contributed by atoms with Crippen LogP contribution in [0, 0.1) is 13.8 Å². The molecule has 7 heavy (non-hydrogen) atoms. The molecular weight excluding hydrogens is 184 g/mol. The summed E-state index contributed by atoms with van der Waals surface area (Å²) in [7, 11) is 0. The molecule has 0 saturated carbocycles. The van der Waals surface area contributed by atoms with Crippen molar-refractivity contribution >= 4 is 11.6 Å². The molecule has 2 heteroatoms. The van der Waals surface area contributed by atoms with E-state index in [4.69, 9.17) is 11.6 Å². The molecule has 0 heterocycles. The van der Waals surface area contributed by atoms with Crippen molar-refractivity contribution in [3.63, 3.8) is 0 Å². The first-order valence-electron chi connectivity index (χ1n) is 2.03. The SMILES string of the molecule is [CH2-]CC(Cl)C[CH2-].[Y]. The van der Waals surface area contributed by atoms with E-state index in [-0.39, 0.29) is 38.1 Å². The van der Waals surface area contributed by atoms with Gasteiger partial charge in [-0.25, -0.2) is 0 Å². The Morgan fingerprint density at radius 2 is 1.57 bits per heavy atom. The zero-order valence-electron chi connectivity index (χ0n) is 4.36. The predicted octanol–water partition coefficient (Wildman–Crippen LogP) is 2.04. The molecule has 0 N–H and O–H groups in total. The normalized spacial score (nSPS) is 8.57. The third-order valence-electron chi connectivity index (χ3n) is 0.626. The van der Waals surface area contributed by atoms with Gasteiger partial charge in [0, 0.05) is 32.7 Å². The van der Waals surface area contributed by atoms with Crippen LogP contribution in [0.3, 0.4) is 0 Å². The minimum atomic E-state index is 0. The summed E-state index contributed by atoms with van der Waals surface area (Å²) in [6.07, 6.45) is 1.57. The third-order valence-corrected chi connectivity index (χ3v) is 1.06. The fourth-order valence-electron chi connectivity index (χ4n) is 0.144. The summed E-state index contributed by atoms with van der Waals surface area (Å²) in [5, 5.41) is 0.185. The summed E-state index contributed by atoms with van der Waals surface area (Å²) in [4.78, 5) is 0. The molecule has 0 aromatic rings. The largest absolute Gasteiger partial charge is 0.342 e. The standard InChI is InChI=1S/C5H9Cl.Y/c1-3-5(6)4-2;/h5H,1-4H2;/q-2;. The van der Waals surface area contributed by atoms with Crippen LogP contribution < -0.4 is 0 Å². The number of alkyl halides is 1. The molecule has 0 aromatic heterocycles. The van der Waals surface area contributed by atoms with Crippen LogP contribution in [-0.2, 0) is 32.7 Å². The Morgan fingerprint density at radius 3 is 1.57 bits per heavy atom. The smallest absolute Gasteiger partial charge is 0 e. The van der Waals surface area contributed by atoms with Crippen molar-refractivity contribution < 1.29 is 32.7 Å². The fraction of sp³-hybridized carbons (Fsp3) is 0.600. The molecule has 0 amide bonds. The first kappa shape index (κ1) is 11.2. The molecule has 0 spiro atoms.